The summed E-state index contributed by atoms with van der Waals surface area (Å²) < 4.78 is 5.61. The van der Waals surface area contributed by atoms with Gasteiger partial charge in [0.2, 0.25) is 5.91 Å². The van der Waals surface area contributed by atoms with Crippen molar-refractivity contribution in [2.24, 2.45) is 16.7 Å². The molecular weight excluding hydrogens is 350 g/mol. The number of nitrogens with one attached hydrogen (secondary N) is 1. The van der Waals surface area contributed by atoms with Crippen molar-refractivity contribution in [2.45, 2.75) is 83.3 Å². The summed E-state index contributed by atoms with van der Waals surface area (Å²) >= 11 is 0. The number of fused-ring (bicyclic) bond motifs is 1. The minimum Gasteiger partial charge on any atom is -0.496 e. The molecule has 152 valence electrons. The van der Waals surface area contributed by atoms with Gasteiger partial charge in [-0.1, -0.05) is 19.4 Å². The molecule has 0 aromatic heterocycles. The highest BCUT2D eigenvalue weighted by molar-refractivity contribution is 5.83. The van der Waals surface area contributed by atoms with Gasteiger partial charge in [0.05, 0.1) is 18.1 Å². The van der Waals surface area contributed by atoms with E-state index in [4.69, 9.17) is 4.74 Å². The molecular formula is C24H33NO3. The molecule has 6 rings (SSSR count). The van der Waals surface area contributed by atoms with E-state index >= 15 is 0 Å². The zero-order chi connectivity index (χ0) is 19.6. The lowest BCUT2D eigenvalue weighted by Gasteiger charge is -2.64. The fourth-order valence-corrected chi connectivity index (χ4v) is 7.58. The van der Waals surface area contributed by atoms with Crippen LogP contribution in [0.25, 0.3) is 0 Å². The van der Waals surface area contributed by atoms with Gasteiger partial charge in [0.25, 0.3) is 0 Å². The molecule has 4 fully saturated rings. The molecule has 4 saturated carbocycles. The zero-order valence-electron chi connectivity index (χ0n) is 17.3. The molecule has 4 atom stereocenters. The Balaban J connectivity index is 1.37. The second kappa shape index (κ2) is 6.22. The van der Waals surface area contributed by atoms with Gasteiger partial charge in [-0.3, -0.25) is 4.79 Å². The van der Waals surface area contributed by atoms with E-state index in [1.165, 1.54) is 24.0 Å². The third-order valence-corrected chi connectivity index (χ3v) is 8.32. The molecule has 4 nitrogen and oxygen atoms in total. The molecule has 1 amide bonds. The topological polar surface area (TPSA) is 58.6 Å². The third-order valence-electron chi connectivity index (χ3n) is 8.32. The number of methoxy groups -OCH3 is 1. The number of carbonyl (C=O) groups excluding carboxylic acids is 1. The summed E-state index contributed by atoms with van der Waals surface area (Å²) in [5.41, 5.74) is 3.02. The number of rotatable bonds is 5. The first-order valence-corrected chi connectivity index (χ1v) is 11.1. The fourth-order valence-electron chi connectivity index (χ4n) is 7.58. The van der Waals surface area contributed by atoms with Gasteiger partial charge in [-0.25, -0.2) is 0 Å². The monoisotopic (exact) mass is 383 g/mol. The van der Waals surface area contributed by atoms with Crippen molar-refractivity contribution in [2.75, 3.05) is 7.11 Å². The minimum absolute atomic E-state index is 0.149. The van der Waals surface area contributed by atoms with Crippen LogP contribution in [0.1, 0.15) is 75.0 Å². The van der Waals surface area contributed by atoms with E-state index in [0.717, 1.165) is 56.3 Å². The van der Waals surface area contributed by atoms with E-state index in [0.29, 0.717) is 18.9 Å². The van der Waals surface area contributed by atoms with E-state index in [9.17, 15) is 9.90 Å². The van der Waals surface area contributed by atoms with Crippen molar-refractivity contribution in [1.82, 2.24) is 5.32 Å². The Morgan fingerprint density at radius 1 is 1.18 bits per heavy atom. The summed E-state index contributed by atoms with van der Waals surface area (Å²) in [4.78, 5) is 13.4. The van der Waals surface area contributed by atoms with Gasteiger partial charge >= 0.3 is 0 Å². The zero-order valence-corrected chi connectivity index (χ0v) is 17.3. The number of ether oxygens (including phenoxy) is 1. The van der Waals surface area contributed by atoms with Gasteiger partial charge in [-0.05, 0) is 86.3 Å². The van der Waals surface area contributed by atoms with Crippen LogP contribution in [0.4, 0.5) is 0 Å². The molecule has 4 heteroatoms. The number of aryl methyl sites for hydroxylation is 2. The lowest BCUT2D eigenvalue weighted by atomic mass is 9.42. The molecule has 4 unspecified atom stereocenters. The third kappa shape index (κ3) is 2.79. The summed E-state index contributed by atoms with van der Waals surface area (Å²) in [7, 11) is 1.71. The van der Waals surface area contributed by atoms with Crippen LogP contribution < -0.4 is 10.1 Å². The maximum Gasteiger partial charge on any atom is 0.226 e. The molecule has 4 bridgehead atoms. The molecule has 0 radical (unpaired) electrons. The molecule has 1 aromatic carbocycles. The number of carbonyl (C=O) groups is 1. The van der Waals surface area contributed by atoms with Crippen LogP contribution in [0.15, 0.2) is 12.1 Å². The number of aliphatic hydroxyl groups is 1. The largest absolute Gasteiger partial charge is 0.496 e. The van der Waals surface area contributed by atoms with E-state index < -0.39 is 5.60 Å². The van der Waals surface area contributed by atoms with Crippen LogP contribution in [-0.2, 0) is 24.2 Å². The van der Waals surface area contributed by atoms with Gasteiger partial charge in [0.1, 0.15) is 5.75 Å². The molecule has 2 N–H and O–H groups in total. The predicted molar refractivity (Wildman–Crippen MR) is 108 cm³/mol. The summed E-state index contributed by atoms with van der Waals surface area (Å²) in [6.07, 6.45) is 10.0. The Morgan fingerprint density at radius 2 is 1.96 bits per heavy atom. The van der Waals surface area contributed by atoms with Crippen molar-refractivity contribution in [3.05, 3.63) is 28.8 Å². The number of amides is 1. The standard InChI is InChI=1S/C24H33NO3/c1-3-22-9-16-10-23(13-22,15-24(27,11-16)14-22)21(26)25-12-19-7-17-5-4-6-18(17)8-20(19)28-2/h7-8,16,27H,3-6,9-15H2,1-2H3,(H,25,26). The van der Waals surface area contributed by atoms with E-state index in [1.807, 2.05) is 0 Å². The average Bonchev–Trinajstić information content (AvgIpc) is 3.10. The van der Waals surface area contributed by atoms with Crippen LogP contribution in [0.2, 0.25) is 0 Å². The van der Waals surface area contributed by atoms with Gasteiger partial charge in [-0.2, -0.15) is 0 Å². The Labute approximate surface area is 168 Å². The molecule has 1 aromatic rings. The Hall–Kier alpha value is -1.55. The Kier molecular flexibility index (Phi) is 4.11. The van der Waals surface area contributed by atoms with Crippen LogP contribution in [-0.4, -0.2) is 23.7 Å². The second-order valence-electron chi connectivity index (χ2n) is 10.3. The maximum atomic E-state index is 13.4. The molecule has 5 aliphatic carbocycles. The summed E-state index contributed by atoms with van der Waals surface area (Å²) in [5.74, 6) is 1.53. The fraction of sp³-hybridized carbons (Fsp3) is 0.708. The second-order valence-corrected chi connectivity index (χ2v) is 10.3. The summed E-state index contributed by atoms with van der Waals surface area (Å²) in [6, 6.07) is 4.38. The van der Waals surface area contributed by atoms with E-state index in [1.54, 1.807) is 7.11 Å². The highest BCUT2D eigenvalue weighted by Crippen LogP contribution is 2.67. The molecule has 28 heavy (non-hydrogen) atoms. The van der Waals surface area contributed by atoms with Crippen LogP contribution in [0.5, 0.6) is 5.75 Å². The lowest BCUT2D eigenvalue weighted by Crippen LogP contribution is -2.63. The van der Waals surface area contributed by atoms with Gasteiger partial charge < -0.3 is 15.2 Å². The lowest BCUT2D eigenvalue weighted by molar-refractivity contribution is -0.204. The minimum atomic E-state index is -0.627. The van der Waals surface area contributed by atoms with Gasteiger partial charge in [0, 0.05) is 12.1 Å². The smallest absolute Gasteiger partial charge is 0.226 e. The highest BCUT2D eigenvalue weighted by atomic mass is 16.5. The number of benzene rings is 1. The van der Waals surface area contributed by atoms with Crippen LogP contribution >= 0.6 is 0 Å². The van der Waals surface area contributed by atoms with Crippen LogP contribution in [0.3, 0.4) is 0 Å². The molecule has 5 aliphatic rings. The average molecular weight is 384 g/mol. The summed E-state index contributed by atoms with van der Waals surface area (Å²) in [5, 5.41) is 14.4. The molecule has 0 spiro atoms. The maximum absolute atomic E-state index is 13.4. The molecule has 0 aliphatic heterocycles. The number of hydrogen-bond donors (Lipinski definition) is 2. The Morgan fingerprint density at radius 3 is 2.68 bits per heavy atom. The normalized spacial score (nSPS) is 37.8. The van der Waals surface area contributed by atoms with Gasteiger partial charge in [-0.15, -0.1) is 0 Å². The van der Waals surface area contributed by atoms with Crippen molar-refractivity contribution in [3.63, 3.8) is 0 Å². The van der Waals surface area contributed by atoms with Crippen molar-refractivity contribution in [1.29, 1.82) is 0 Å². The van der Waals surface area contributed by atoms with Crippen LogP contribution in [0, 0.1) is 16.7 Å². The van der Waals surface area contributed by atoms with Crippen molar-refractivity contribution >= 4 is 5.91 Å². The van der Waals surface area contributed by atoms with Crippen molar-refractivity contribution < 1.29 is 14.6 Å². The molecule has 0 heterocycles. The molecule has 0 saturated heterocycles. The predicted octanol–water partition coefficient (Wildman–Crippen LogP) is 3.91. The first kappa shape index (κ1) is 18.5. The number of hydrogen-bond acceptors (Lipinski definition) is 3. The van der Waals surface area contributed by atoms with Crippen molar-refractivity contribution in [3.8, 4) is 5.75 Å². The first-order chi connectivity index (χ1) is 13.4. The summed E-state index contributed by atoms with van der Waals surface area (Å²) in [6.45, 7) is 2.75. The van der Waals surface area contributed by atoms with Gasteiger partial charge in [0.15, 0.2) is 0 Å². The van der Waals surface area contributed by atoms with E-state index in [2.05, 4.69) is 24.4 Å². The Bertz CT molecular complexity index is 820. The quantitative estimate of drug-likeness (QED) is 0.810. The highest BCUT2D eigenvalue weighted by Gasteiger charge is 2.64. The van der Waals surface area contributed by atoms with E-state index in [-0.39, 0.29) is 16.7 Å². The first-order valence-electron chi connectivity index (χ1n) is 11.1. The SMILES string of the molecule is CCC12CC3CC(O)(C1)CC(C(=O)NCc1cc4c(cc1OC)CCC4)(C3)C2.